The monoisotopic (exact) mass is 233 g/mol. The lowest BCUT2D eigenvalue weighted by Gasteiger charge is -2.27. The van der Waals surface area contributed by atoms with Gasteiger partial charge < -0.3 is 4.74 Å². The van der Waals surface area contributed by atoms with Gasteiger partial charge in [0.05, 0.1) is 0 Å². The van der Waals surface area contributed by atoms with Crippen LogP contribution in [-0.2, 0) is 9.53 Å². The van der Waals surface area contributed by atoms with Gasteiger partial charge in [-0.15, -0.1) is 0 Å². The SMILES string of the molecule is CC1OC(C)(C)N(C(=O)c2ccccc2)C1=O. The maximum Gasteiger partial charge on any atom is 0.262 e. The van der Waals surface area contributed by atoms with Gasteiger partial charge in [-0.3, -0.25) is 9.59 Å². The molecule has 0 aliphatic carbocycles. The van der Waals surface area contributed by atoms with Gasteiger partial charge >= 0.3 is 0 Å². The standard InChI is InChI=1S/C13H15NO3/c1-9-11(15)14(13(2,3)17-9)12(16)10-7-5-4-6-8-10/h4-9H,1-3H3. The molecule has 0 radical (unpaired) electrons. The van der Waals surface area contributed by atoms with Gasteiger partial charge in [-0.1, -0.05) is 18.2 Å². The van der Waals surface area contributed by atoms with Crippen LogP contribution in [0.2, 0.25) is 0 Å². The molecule has 0 N–H and O–H groups in total. The van der Waals surface area contributed by atoms with Gasteiger partial charge in [-0.05, 0) is 32.9 Å². The van der Waals surface area contributed by atoms with Crippen LogP contribution < -0.4 is 0 Å². The van der Waals surface area contributed by atoms with Crippen LogP contribution in [0.5, 0.6) is 0 Å². The number of nitrogens with zero attached hydrogens (tertiary/aromatic N) is 1. The summed E-state index contributed by atoms with van der Waals surface area (Å²) in [5.74, 6) is -0.603. The van der Waals surface area contributed by atoms with E-state index in [0.29, 0.717) is 5.56 Å². The normalized spacial score (nSPS) is 22.9. The Kier molecular flexibility index (Phi) is 2.75. The molecule has 4 nitrogen and oxygen atoms in total. The van der Waals surface area contributed by atoms with Crippen LogP contribution in [0.25, 0.3) is 0 Å². The molecule has 1 aromatic rings. The maximum atomic E-state index is 12.2. The fourth-order valence-corrected chi connectivity index (χ4v) is 2.04. The maximum absolute atomic E-state index is 12.2. The Bertz CT molecular complexity index is 453. The van der Waals surface area contributed by atoms with Crippen LogP contribution in [0, 0.1) is 0 Å². The van der Waals surface area contributed by atoms with E-state index in [1.165, 1.54) is 4.90 Å². The molecular weight excluding hydrogens is 218 g/mol. The summed E-state index contributed by atoms with van der Waals surface area (Å²) in [6.07, 6.45) is -0.572. The first-order valence-electron chi connectivity index (χ1n) is 5.55. The smallest absolute Gasteiger partial charge is 0.262 e. The second-order valence-electron chi connectivity index (χ2n) is 4.55. The molecule has 0 spiro atoms. The average molecular weight is 233 g/mol. The van der Waals surface area contributed by atoms with Crippen molar-refractivity contribution in [3.63, 3.8) is 0 Å². The van der Waals surface area contributed by atoms with Gasteiger partial charge in [0.15, 0.2) is 0 Å². The Labute approximate surface area is 100 Å². The first-order chi connectivity index (χ1) is 7.93. The third-order valence-electron chi connectivity index (χ3n) is 2.80. The molecule has 0 aromatic heterocycles. The minimum absolute atomic E-state index is 0.288. The number of carbonyl (C=O) groups excluding carboxylic acids is 2. The van der Waals surface area contributed by atoms with Gasteiger partial charge in [0.25, 0.3) is 11.8 Å². The van der Waals surface area contributed by atoms with Crippen molar-refractivity contribution < 1.29 is 14.3 Å². The highest BCUT2D eigenvalue weighted by atomic mass is 16.6. The van der Waals surface area contributed by atoms with E-state index < -0.39 is 11.8 Å². The van der Waals surface area contributed by atoms with Crippen LogP contribution in [0.4, 0.5) is 0 Å². The zero-order chi connectivity index (χ0) is 12.6. The van der Waals surface area contributed by atoms with E-state index in [1.54, 1.807) is 45.0 Å². The molecule has 1 saturated heterocycles. The highest BCUT2D eigenvalue weighted by Crippen LogP contribution is 2.29. The molecule has 1 aliphatic heterocycles. The van der Waals surface area contributed by atoms with Crippen LogP contribution in [0.15, 0.2) is 30.3 Å². The molecule has 1 atom stereocenters. The van der Waals surface area contributed by atoms with E-state index in [4.69, 9.17) is 4.74 Å². The van der Waals surface area contributed by atoms with Crippen molar-refractivity contribution in [2.24, 2.45) is 0 Å². The highest BCUT2D eigenvalue weighted by Gasteiger charge is 2.47. The lowest BCUT2D eigenvalue weighted by molar-refractivity contribution is -0.128. The quantitative estimate of drug-likeness (QED) is 0.695. The van der Waals surface area contributed by atoms with Crippen LogP contribution in [0.1, 0.15) is 31.1 Å². The fourth-order valence-electron chi connectivity index (χ4n) is 2.04. The Hall–Kier alpha value is -1.68. The predicted molar refractivity (Wildman–Crippen MR) is 62.2 cm³/mol. The Morgan fingerprint density at radius 2 is 1.88 bits per heavy atom. The van der Waals surface area contributed by atoms with Crippen LogP contribution in [-0.4, -0.2) is 28.5 Å². The molecule has 2 rings (SSSR count). The number of carbonyl (C=O) groups is 2. The number of ether oxygens (including phenoxy) is 1. The van der Waals surface area contributed by atoms with Crippen molar-refractivity contribution in [1.29, 1.82) is 0 Å². The van der Waals surface area contributed by atoms with Crippen molar-refractivity contribution in [1.82, 2.24) is 4.90 Å². The molecule has 4 heteroatoms. The summed E-state index contributed by atoms with van der Waals surface area (Å²) < 4.78 is 5.47. The van der Waals surface area contributed by atoms with E-state index in [-0.39, 0.29) is 11.8 Å². The zero-order valence-electron chi connectivity index (χ0n) is 10.1. The number of amides is 2. The Balaban J connectivity index is 2.34. The summed E-state index contributed by atoms with van der Waals surface area (Å²) in [6.45, 7) is 5.09. The average Bonchev–Trinajstić information content (AvgIpc) is 2.48. The molecule has 0 saturated carbocycles. The first kappa shape index (κ1) is 11.8. The van der Waals surface area contributed by atoms with Crippen molar-refractivity contribution in [3.8, 4) is 0 Å². The number of rotatable bonds is 1. The van der Waals surface area contributed by atoms with Crippen LogP contribution in [0.3, 0.4) is 0 Å². The number of benzene rings is 1. The van der Waals surface area contributed by atoms with Gasteiger partial charge in [0, 0.05) is 5.56 Å². The Morgan fingerprint density at radius 1 is 1.29 bits per heavy atom. The third kappa shape index (κ3) is 1.96. The summed E-state index contributed by atoms with van der Waals surface area (Å²) in [4.78, 5) is 25.3. The lowest BCUT2D eigenvalue weighted by atomic mass is 10.1. The second kappa shape index (κ2) is 3.96. The summed E-state index contributed by atoms with van der Waals surface area (Å²) in [6, 6.07) is 8.74. The molecule has 90 valence electrons. The molecule has 1 heterocycles. The fraction of sp³-hybridized carbons (Fsp3) is 0.385. The summed E-state index contributed by atoms with van der Waals surface area (Å²) in [5.41, 5.74) is -0.393. The molecule has 2 amide bonds. The molecule has 1 aromatic carbocycles. The summed E-state index contributed by atoms with van der Waals surface area (Å²) >= 11 is 0. The van der Waals surface area contributed by atoms with E-state index in [2.05, 4.69) is 0 Å². The molecule has 17 heavy (non-hydrogen) atoms. The minimum atomic E-state index is -0.885. The van der Waals surface area contributed by atoms with E-state index in [0.717, 1.165) is 0 Å². The Morgan fingerprint density at radius 3 is 2.35 bits per heavy atom. The van der Waals surface area contributed by atoms with Crippen molar-refractivity contribution in [3.05, 3.63) is 35.9 Å². The number of imide groups is 1. The van der Waals surface area contributed by atoms with Crippen LogP contribution >= 0.6 is 0 Å². The first-order valence-corrected chi connectivity index (χ1v) is 5.55. The lowest BCUT2D eigenvalue weighted by Crippen LogP contribution is -2.46. The largest absolute Gasteiger partial charge is 0.343 e. The molecule has 1 unspecified atom stereocenters. The third-order valence-corrected chi connectivity index (χ3v) is 2.80. The number of hydrogen-bond donors (Lipinski definition) is 0. The molecule has 1 fully saturated rings. The van der Waals surface area contributed by atoms with Gasteiger partial charge in [-0.25, -0.2) is 4.90 Å². The van der Waals surface area contributed by atoms with Gasteiger partial charge in [-0.2, -0.15) is 0 Å². The summed E-state index contributed by atoms with van der Waals surface area (Å²) in [5, 5.41) is 0. The predicted octanol–water partition coefficient (Wildman–Crippen LogP) is 1.81. The topological polar surface area (TPSA) is 46.6 Å². The molecular formula is C13H15NO3. The van der Waals surface area contributed by atoms with Gasteiger partial charge in [0.2, 0.25) is 0 Å². The second-order valence-corrected chi connectivity index (χ2v) is 4.55. The summed E-state index contributed by atoms with van der Waals surface area (Å²) in [7, 11) is 0. The van der Waals surface area contributed by atoms with Crippen molar-refractivity contribution in [2.75, 3.05) is 0 Å². The minimum Gasteiger partial charge on any atom is -0.343 e. The van der Waals surface area contributed by atoms with Crippen molar-refractivity contribution in [2.45, 2.75) is 32.6 Å². The van der Waals surface area contributed by atoms with E-state index in [9.17, 15) is 9.59 Å². The molecule has 0 bridgehead atoms. The number of hydrogen-bond acceptors (Lipinski definition) is 3. The van der Waals surface area contributed by atoms with Gasteiger partial charge in [0.1, 0.15) is 11.8 Å². The molecule has 1 aliphatic rings. The van der Waals surface area contributed by atoms with Crippen molar-refractivity contribution >= 4 is 11.8 Å². The van der Waals surface area contributed by atoms with E-state index >= 15 is 0 Å². The zero-order valence-corrected chi connectivity index (χ0v) is 10.1. The highest BCUT2D eigenvalue weighted by molar-refractivity contribution is 6.07. The van der Waals surface area contributed by atoms with E-state index in [1.807, 2.05) is 6.07 Å².